The third-order valence-electron chi connectivity index (χ3n) is 2.30. The van der Waals surface area contributed by atoms with Crippen molar-refractivity contribution in [1.29, 1.82) is 0 Å². The molecular formula is C13H12IN3OS2. The van der Waals surface area contributed by atoms with Crippen molar-refractivity contribution >= 4 is 56.6 Å². The lowest BCUT2D eigenvalue weighted by Gasteiger charge is -1.99. The van der Waals surface area contributed by atoms with E-state index in [9.17, 15) is 4.79 Å². The Labute approximate surface area is 139 Å². The predicted molar refractivity (Wildman–Crippen MR) is 92.8 cm³/mol. The van der Waals surface area contributed by atoms with Gasteiger partial charge in [-0.25, -0.2) is 0 Å². The van der Waals surface area contributed by atoms with Crippen molar-refractivity contribution in [2.24, 2.45) is 0 Å². The number of nitrogens with one attached hydrogen (secondary N) is 1. The van der Waals surface area contributed by atoms with Gasteiger partial charge in [-0.3, -0.25) is 4.79 Å². The summed E-state index contributed by atoms with van der Waals surface area (Å²) >= 11 is 5.07. The first-order valence-electron chi connectivity index (χ1n) is 5.79. The molecule has 2 rings (SSSR count). The van der Waals surface area contributed by atoms with E-state index in [1.165, 1.54) is 23.1 Å². The third kappa shape index (κ3) is 4.57. The lowest BCUT2D eigenvalue weighted by atomic mass is 10.2. The maximum atomic E-state index is 12.0. The first-order valence-corrected chi connectivity index (χ1v) is 8.67. The number of carbonyl (C=O) groups is 1. The van der Waals surface area contributed by atoms with Gasteiger partial charge in [-0.15, -0.1) is 16.8 Å². The fraction of sp³-hybridized carbons (Fsp3) is 0.154. The first kappa shape index (κ1) is 15.5. The molecular weight excluding hydrogens is 405 g/mol. The van der Waals surface area contributed by atoms with Gasteiger partial charge in [0.2, 0.25) is 5.13 Å². The molecule has 1 N–H and O–H groups in total. The average Bonchev–Trinajstić information content (AvgIpc) is 2.91. The van der Waals surface area contributed by atoms with Crippen LogP contribution >= 0.6 is 45.7 Å². The number of aromatic nitrogens is 2. The number of halogens is 1. The fourth-order valence-corrected chi connectivity index (χ4v) is 3.36. The number of benzene rings is 1. The van der Waals surface area contributed by atoms with Crippen molar-refractivity contribution in [1.82, 2.24) is 10.2 Å². The Balaban J connectivity index is 1.88. The number of anilines is 1. The number of hydrogen-bond acceptors (Lipinski definition) is 6. The highest BCUT2D eigenvalue weighted by molar-refractivity contribution is 14.1. The highest BCUT2D eigenvalue weighted by Gasteiger charge is 2.09. The topological polar surface area (TPSA) is 54.9 Å². The third-order valence-corrected chi connectivity index (χ3v) is 5.03. The van der Waals surface area contributed by atoms with Gasteiger partial charge in [-0.1, -0.05) is 41.3 Å². The zero-order valence-corrected chi connectivity index (χ0v) is 14.3. The second-order valence-corrected chi connectivity index (χ2v) is 7.21. The Morgan fingerprint density at radius 2 is 2.15 bits per heavy atom. The molecule has 0 aliphatic heterocycles. The molecule has 0 fully saturated rings. The largest absolute Gasteiger partial charge is 0.357 e. The molecule has 4 nitrogen and oxygen atoms in total. The molecule has 104 valence electrons. The second-order valence-electron chi connectivity index (χ2n) is 3.76. The zero-order valence-electron chi connectivity index (χ0n) is 10.5. The molecule has 0 saturated carbocycles. The van der Waals surface area contributed by atoms with E-state index in [-0.39, 0.29) is 5.78 Å². The second kappa shape index (κ2) is 7.75. The molecule has 0 atom stereocenters. The Hall–Kier alpha value is -0.930. The van der Waals surface area contributed by atoms with Gasteiger partial charge in [0.1, 0.15) is 0 Å². The van der Waals surface area contributed by atoms with Gasteiger partial charge >= 0.3 is 0 Å². The SMILES string of the molecule is C=CCNc1nnc(SCC(=O)c2ccc(I)cc2)s1. The molecule has 0 bridgehead atoms. The number of carbonyl (C=O) groups excluding carboxylic acids is 1. The number of hydrogen-bond donors (Lipinski definition) is 1. The molecule has 2 aromatic rings. The highest BCUT2D eigenvalue weighted by Crippen LogP contribution is 2.26. The molecule has 0 unspecified atom stereocenters. The monoisotopic (exact) mass is 417 g/mol. The van der Waals surface area contributed by atoms with Crippen molar-refractivity contribution in [3.63, 3.8) is 0 Å². The normalized spacial score (nSPS) is 10.2. The maximum Gasteiger partial charge on any atom is 0.206 e. The summed E-state index contributed by atoms with van der Waals surface area (Å²) in [6.45, 7) is 4.28. The van der Waals surface area contributed by atoms with Gasteiger partial charge in [0.25, 0.3) is 0 Å². The number of rotatable bonds is 7. The minimum absolute atomic E-state index is 0.0993. The van der Waals surface area contributed by atoms with Crippen molar-refractivity contribution < 1.29 is 4.79 Å². The Morgan fingerprint density at radius 3 is 2.85 bits per heavy atom. The molecule has 7 heteroatoms. The van der Waals surface area contributed by atoms with Gasteiger partial charge in [-0.2, -0.15) is 0 Å². The van der Waals surface area contributed by atoms with Crippen LogP contribution in [0, 0.1) is 3.57 Å². The van der Waals surface area contributed by atoms with Crippen LogP contribution in [0.25, 0.3) is 0 Å². The molecule has 20 heavy (non-hydrogen) atoms. The van der Waals surface area contributed by atoms with Crippen molar-refractivity contribution in [3.8, 4) is 0 Å². The van der Waals surface area contributed by atoms with E-state index >= 15 is 0 Å². The highest BCUT2D eigenvalue weighted by atomic mass is 127. The summed E-state index contributed by atoms with van der Waals surface area (Å²) in [5, 5.41) is 11.8. The lowest BCUT2D eigenvalue weighted by Crippen LogP contribution is -2.01. The molecule has 1 heterocycles. The minimum Gasteiger partial charge on any atom is -0.357 e. The molecule has 1 aromatic heterocycles. The Bertz CT molecular complexity index is 598. The van der Waals surface area contributed by atoms with E-state index in [2.05, 4.69) is 44.7 Å². The van der Waals surface area contributed by atoms with E-state index in [1.54, 1.807) is 6.08 Å². The van der Waals surface area contributed by atoms with Gasteiger partial charge < -0.3 is 5.32 Å². The van der Waals surface area contributed by atoms with Crippen molar-refractivity contribution in [2.45, 2.75) is 4.34 Å². The van der Waals surface area contributed by atoms with E-state index in [0.29, 0.717) is 12.3 Å². The number of nitrogens with zero attached hydrogens (tertiary/aromatic N) is 2. The van der Waals surface area contributed by atoms with Crippen LogP contribution in [0.4, 0.5) is 5.13 Å². The van der Waals surface area contributed by atoms with Crippen LogP contribution in [0.3, 0.4) is 0 Å². The smallest absolute Gasteiger partial charge is 0.206 e. The molecule has 0 spiro atoms. The van der Waals surface area contributed by atoms with Crippen molar-refractivity contribution in [2.75, 3.05) is 17.6 Å². The van der Waals surface area contributed by atoms with Crippen LogP contribution in [0.2, 0.25) is 0 Å². The average molecular weight is 417 g/mol. The van der Waals surface area contributed by atoms with Gasteiger partial charge in [0.15, 0.2) is 10.1 Å². The van der Waals surface area contributed by atoms with Gasteiger partial charge in [0.05, 0.1) is 5.75 Å². The predicted octanol–water partition coefficient (Wildman–Crippen LogP) is 3.72. The van der Waals surface area contributed by atoms with Gasteiger partial charge in [-0.05, 0) is 34.7 Å². The van der Waals surface area contributed by atoms with E-state index in [1.807, 2.05) is 24.3 Å². The van der Waals surface area contributed by atoms with Crippen LogP contribution in [0.5, 0.6) is 0 Å². The van der Waals surface area contributed by atoms with Crippen LogP contribution in [-0.4, -0.2) is 28.3 Å². The van der Waals surface area contributed by atoms with Crippen LogP contribution in [0.15, 0.2) is 41.3 Å². The summed E-state index contributed by atoms with van der Waals surface area (Å²) in [5.41, 5.74) is 0.729. The maximum absolute atomic E-state index is 12.0. The zero-order chi connectivity index (χ0) is 14.4. The summed E-state index contributed by atoms with van der Waals surface area (Å²) in [7, 11) is 0. The van der Waals surface area contributed by atoms with E-state index in [0.717, 1.165) is 18.6 Å². The summed E-state index contributed by atoms with van der Waals surface area (Å²) in [6, 6.07) is 7.56. The molecule has 0 amide bonds. The summed E-state index contributed by atoms with van der Waals surface area (Å²) < 4.78 is 1.91. The standard InChI is InChI=1S/C13H12IN3OS2/c1-2-7-15-12-16-17-13(20-12)19-8-11(18)9-3-5-10(14)6-4-9/h2-6H,1,7-8H2,(H,15,16). The van der Waals surface area contributed by atoms with Crippen LogP contribution in [0.1, 0.15) is 10.4 Å². The minimum atomic E-state index is 0.0993. The summed E-state index contributed by atoms with van der Waals surface area (Å²) in [4.78, 5) is 12.0. The Morgan fingerprint density at radius 1 is 1.40 bits per heavy atom. The number of Topliss-reactive ketones (excluding diaryl/α,β-unsaturated/α-hetero) is 1. The quantitative estimate of drug-likeness (QED) is 0.322. The first-order chi connectivity index (χ1) is 9.69. The van der Waals surface area contributed by atoms with Gasteiger partial charge in [0, 0.05) is 15.7 Å². The Kier molecular flexibility index (Phi) is 5.99. The molecule has 0 radical (unpaired) electrons. The van der Waals surface area contributed by atoms with E-state index < -0.39 is 0 Å². The van der Waals surface area contributed by atoms with E-state index in [4.69, 9.17) is 0 Å². The van der Waals surface area contributed by atoms with Crippen LogP contribution in [-0.2, 0) is 0 Å². The summed E-state index contributed by atoms with van der Waals surface area (Å²) in [6.07, 6.45) is 1.76. The number of ketones is 1. The number of thioether (sulfide) groups is 1. The molecule has 0 saturated heterocycles. The molecule has 0 aliphatic rings. The van der Waals surface area contributed by atoms with Crippen molar-refractivity contribution in [3.05, 3.63) is 46.1 Å². The molecule has 1 aromatic carbocycles. The van der Waals surface area contributed by atoms with Crippen LogP contribution < -0.4 is 5.32 Å². The summed E-state index contributed by atoms with van der Waals surface area (Å²) in [5.74, 6) is 0.471. The fourth-order valence-electron chi connectivity index (χ4n) is 1.35. The molecule has 0 aliphatic carbocycles. The lowest BCUT2D eigenvalue weighted by molar-refractivity contribution is 0.102.